The zero-order chi connectivity index (χ0) is 11.5. The zero-order valence-corrected chi connectivity index (χ0v) is 11.6. The van der Waals surface area contributed by atoms with Crippen molar-refractivity contribution in [1.82, 2.24) is 9.80 Å². The summed E-state index contributed by atoms with van der Waals surface area (Å²) in [5, 5.41) is 10.2. The van der Waals surface area contributed by atoms with Crippen molar-refractivity contribution in [2.24, 2.45) is 0 Å². The van der Waals surface area contributed by atoms with Crippen LogP contribution in [-0.2, 0) is 0 Å². The van der Waals surface area contributed by atoms with Crippen LogP contribution in [0.4, 0.5) is 0 Å². The highest BCUT2D eigenvalue weighted by molar-refractivity contribution is 9.09. The van der Waals surface area contributed by atoms with Gasteiger partial charge < -0.3 is 5.11 Å². The lowest BCUT2D eigenvalue weighted by Gasteiger charge is -2.42. The summed E-state index contributed by atoms with van der Waals surface area (Å²) < 4.78 is 0. The third-order valence-electron chi connectivity index (χ3n) is 2.97. The Morgan fingerprint density at radius 2 is 1.73 bits per heavy atom. The Morgan fingerprint density at radius 1 is 1.20 bits per heavy atom. The van der Waals surface area contributed by atoms with Crippen molar-refractivity contribution >= 4 is 15.9 Å². The van der Waals surface area contributed by atoms with Gasteiger partial charge in [0, 0.05) is 43.6 Å². The molecule has 0 amide bonds. The van der Waals surface area contributed by atoms with Gasteiger partial charge >= 0.3 is 0 Å². The molecule has 15 heavy (non-hydrogen) atoms. The average Bonchev–Trinajstić information content (AvgIpc) is 2.17. The van der Waals surface area contributed by atoms with Crippen LogP contribution in [0.2, 0.25) is 0 Å². The highest BCUT2D eigenvalue weighted by atomic mass is 79.9. The smallest absolute Gasteiger partial charge is 0.0763 e. The van der Waals surface area contributed by atoms with Crippen LogP contribution in [0.3, 0.4) is 0 Å². The predicted molar refractivity (Wildman–Crippen MR) is 67.6 cm³/mol. The molecule has 0 bridgehead atoms. The number of aliphatic hydroxyl groups excluding tert-OH is 1. The highest BCUT2D eigenvalue weighted by Gasteiger charge is 2.26. The van der Waals surface area contributed by atoms with E-state index in [1.165, 1.54) is 0 Å². The van der Waals surface area contributed by atoms with E-state index < -0.39 is 0 Å². The summed E-state index contributed by atoms with van der Waals surface area (Å²) in [6.45, 7) is 11.9. The number of alkyl halides is 1. The third-order valence-corrected chi connectivity index (χ3v) is 3.72. The fourth-order valence-corrected chi connectivity index (χ4v) is 2.15. The average molecular weight is 279 g/mol. The number of hydrogen-bond acceptors (Lipinski definition) is 3. The van der Waals surface area contributed by atoms with E-state index >= 15 is 0 Å². The van der Waals surface area contributed by atoms with Crippen molar-refractivity contribution < 1.29 is 5.11 Å². The van der Waals surface area contributed by atoms with Crippen molar-refractivity contribution in [3.8, 4) is 0 Å². The van der Waals surface area contributed by atoms with Crippen LogP contribution >= 0.6 is 15.9 Å². The molecule has 0 saturated carbocycles. The number of β-amino-alcohol motifs (C(OH)–C–C–N with tert-alkyl or cyclic N) is 1. The van der Waals surface area contributed by atoms with E-state index in [1.54, 1.807) is 0 Å². The maximum Gasteiger partial charge on any atom is 0.0763 e. The molecule has 90 valence electrons. The number of aliphatic hydroxyl groups is 1. The molecule has 3 nitrogen and oxygen atoms in total. The fraction of sp³-hybridized carbons (Fsp3) is 1.00. The first-order chi connectivity index (χ1) is 6.93. The fourth-order valence-electron chi connectivity index (χ4n) is 1.95. The predicted octanol–water partition coefficient (Wildman–Crippen LogP) is 1.16. The number of nitrogens with zero attached hydrogens (tertiary/aromatic N) is 2. The number of halogens is 1. The van der Waals surface area contributed by atoms with Crippen molar-refractivity contribution in [1.29, 1.82) is 0 Å². The van der Waals surface area contributed by atoms with Crippen LogP contribution in [0, 0.1) is 0 Å². The number of piperazine rings is 1. The van der Waals surface area contributed by atoms with Crippen molar-refractivity contribution in [3.63, 3.8) is 0 Å². The normalized spacial score (nSPS) is 23.0. The molecule has 1 unspecified atom stereocenters. The highest BCUT2D eigenvalue weighted by Crippen LogP contribution is 2.15. The molecule has 0 aromatic rings. The van der Waals surface area contributed by atoms with Gasteiger partial charge in [-0.25, -0.2) is 0 Å². The Morgan fingerprint density at radius 3 is 2.13 bits per heavy atom. The lowest BCUT2D eigenvalue weighted by atomic mass is 10.0. The molecule has 0 aromatic heterocycles. The molecule has 1 aliphatic heterocycles. The molecule has 0 aromatic carbocycles. The van der Waals surface area contributed by atoms with Gasteiger partial charge in [-0.05, 0) is 20.8 Å². The Balaban J connectivity index is 2.30. The first-order valence-corrected chi connectivity index (χ1v) is 6.77. The molecule has 1 aliphatic rings. The first-order valence-electron chi connectivity index (χ1n) is 5.65. The second-order valence-corrected chi connectivity index (χ2v) is 5.91. The monoisotopic (exact) mass is 278 g/mol. The Labute approximate surface area is 102 Å². The maximum atomic E-state index is 9.53. The van der Waals surface area contributed by atoms with Gasteiger partial charge in [0.2, 0.25) is 0 Å². The topological polar surface area (TPSA) is 26.7 Å². The van der Waals surface area contributed by atoms with Crippen LogP contribution < -0.4 is 0 Å². The Hall–Kier alpha value is 0.360. The van der Waals surface area contributed by atoms with Gasteiger partial charge in [0.1, 0.15) is 0 Å². The van der Waals surface area contributed by atoms with Crippen LogP contribution in [0.5, 0.6) is 0 Å². The summed E-state index contributed by atoms with van der Waals surface area (Å²) in [5.41, 5.74) is 0.278. The second kappa shape index (κ2) is 5.62. The molecular weight excluding hydrogens is 256 g/mol. The van der Waals surface area contributed by atoms with Gasteiger partial charge in [-0.3, -0.25) is 9.80 Å². The van der Waals surface area contributed by atoms with Gasteiger partial charge in [-0.15, -0.1) is 0 Å². The maximum absolute atomic E-state index is 9.53. The molecular formula is C11H23BrN2O. The number of rotatable bonds is 3. The quantitative estimate of drug-likeness (QED) is 0.785. The summed E-state index contributed by atoms with van der Waals surface area (Å²) in [6, 6.07) is 0. The van der Waals surface area contributed by atoms with Crippen LogP contribution in [0.15, 0.2) is 0 Å². The van der Waals surface area contributed by atoms with E-state index in [0.717, 1.165) is 32.7 Å². The molecule has 1 heterocycles. The van der Waals surface area contributed by atoms with E-state index in [-0.39, 0.29) is 11.6 Å². The van der Waals surface area contributed by atoms with Crippen LogP contribution in [-0.4, -0.2) is 64.6 Å². The summed E-state index contributed by atoms with van der Waals surface area (Å²) in [6.07, 6.45) is -0.230. The molecule has 0 aliphatic carbocycles. The molecule has 4 heteroatoms. The minimum Gasteiger partial charge on any atom is -0.391 e. The summed E-state index contributed by atoms with van der Waals surface area (Å²) in [7, 11) is 0. The molecule has 0 radical (unpaired) electrons. The van der Waals surface area contributed by atoms with E-state index in [9.17, 15) is 5.11 Å². The van der Waals surface area contributed by atoms with E-state index in [1.807, 2.05) is 0 Å². The molecule has 1 atom stereocenters. The van der Waals surface area contributed by atoms with Crippen molar-refractivity contribution in [2.75, 3.05) is 38.1 Å². The summed E-state index contributed by atoms with van der Waals surface area (Å²) in [4.78, 5) is 4.85. The Kier molecular flexibility index (Phi) is 5.03. The standard InChI is InChI=1S/C11H23BrN2O/c1-11(2,3)14-6-4-13(5-7-14)9-10(15)8-12/h10,15H,4-9H2,1-3H3. The first kappa shape index (κ1) is 13.4. The van der Waals surface area contributed by atoms with E-state index in [2.05, 4.69) is 46.5 Å². The third kappa shape index (κ3) is 4.39. The van der Waals surface area contributed by atoms with Gasteiger partial charge in [0.25, 0.3) is 0 Å². The lowest BCUT2D eigenvalue weighted by Crippen LogP contribution is -2.54. The lowest BCUT2D eigenvalue weighted by molar-refractivity contribution is 0.0417. The summed E-state index contributed by atoms with van der Waals surface area (Å²) >= 11 is 3.30. The molecule has 1 rings (SSSR count). The van der Waals surface area contributed by atoms with E-state index in [0.29, 0.717) is 5.33 Å². The van der Waals surface area contributed by atoms with Gasteiger partial charge in [0.05, 0.1) is 6.10 Å². The molecule has 1 fully saturated rings. The van der Waals surface area contributed by atoms with Gasteiger partial charge in [0.15, 0.2) is 0 Å². The second-order valence-electron chi connectivity index (χ2n) is 5.27. The van der Waals surface area contributed by atoms with Crippen molar-refractivity contribution in [3.05, 3.63) is 0 Å². The van der Waals surface area contributed by atoms with E-state index in [4.69, 9.17) is 0 Å². The van der Waals surface area contributed by atoms with Gasteiger partial charge in [-0.1, -0.05) is 15.9 Å². The van der Waals surface area contributed by atoms with Crippen molar-refractivity contribution in [2.45, 2.75) is 32.4 Å². The molecule has 1 N–H and O–H groups in total. The molecule has 1 saturated heterocycles. The SMILES string of the molecule is CC(C)(C)N1CCN(CC(O)CBr)CC1. The minimum atomic E-state index is -0.230. The van der Waals surface area contributed by atoms with Crippen LogP contribution in [0.1, 0.15) is 20.8 Å². The summed E-state index contributed by atoms with van der Waals surface area (Å²) in [5.74, 6) is 0. The number of hydrogen-bond donors (Lipinski definition) is 1. The van der Waals surface area contributed by atoms with Gasteiger partial charge in [-0.2, -0.15) is 0 Å². The minimum absolute atomic E-state index is 0.230. The largest absolute Gasteiger partial charge is 0.391 e. The Bertz CT molecular complexity index is 186. The van der Waals surface area contributed by atoms with Crippen LogP contribution in [0.25, 0.3) is 0 Å². The molecule has 0 spiro atoms. The zero-order valence-electron chi connectivity index (χ0n) is 10.0.